The van der Waals surface area contributed by atoms with Crippen molar-refractivity contribution in [3.63, 3.8) is 0 Å². The summed E-state index contributed by atoms with van der Waals surface area (Å²) in [5.41, 5.74) is 1.86. The fourth-order valence-electron chi connectivity index (χ4n) is 2.26. The number of hydrogen-bond donors (Lipinski definition) is 1. The van der Waals surface area contributed by atoms with Crippen molar-refractivity contribution in [1.82, 2.24) is 15.1 Å². The van der Waals surface area contributed by atoms with Gasteiger partial charge in [-0.2, -0.15) is 5.10 Å². The maximum atomic E-state index is 4.21. The van der Waals surface area contributed by atoms with E-state index in [0.717, 1.165) is 12.5 Å². The van der Waals surface area contributed by atoms with Crippen molar-refractivity contribution in [3.05, 3.63) is 18.0 Å². The Balaban J connectivity index is 1.87. The van der Waals surface area contributed by atoms with E-state index in [2.05, 4.69) is 37.4 Å². The molecule has 0 aromatic carbocycles. The summed E-state index contributed by atoms with van der Waals surface area (Å²) < 4.78 is 1.86. The zero-order valence-electron chi connectivity index (χ0n) is 10.8. The van der Waals surface area contributed by atoms with Gasteiger partial charge in [0.05, 0.1) is 6.20 Å². The predicted molar refractivity (Wildman–Crippen MR) is 66.1 cm³/mol. The molecular formula is C13H23N3. The van der Waals surface area contributed by atoms with Gasteiger partial charge in [0.15, 0.2) is 0 Å². The summed E-state index contributed by atoms with van der Waals surface area (Å²) in [4.78, 5) is 0. The Hall–Kier alpha value is -0.830. The molecule has 1 fully saturated rings. The van der Waals surface area contributed by atoms with E-state index in [4.69, 9.17) is 0 Å². The first-order valence-corrected chi connectivity index (χ1v) is 6.25. The summed E-state index contributed by atoms with van der Waals surface area (Å²) in [5.74, 6) is 0.793. The minimum absolute atomic E-state index is 0.407. The molecule has 0 saturated heterocycles. The van der Waals surface area contributed by atoms with Crippen molar-refractivity contribution in [2.24, 2.45) is 18.4 Å². The van der Waals surface area contributed by atoms with Crippen molar-refractivity contribution in [3.8, 4) is 0 Å². The number of aryl methyl sites for hydroxylation is 1. The molecule has 1 unspecified atom stereocenters. The molecule has 3 nitrogen and oxygen atoms in total. The molecule has 1 aromatic rings. The molecule has 0 radical (unpaired) electrons. The number of hydrogen-bond acceptors (Lipinski definition) is 2. The van der Waals surface area contributed by atoms with Gasteiger partial charge in [-0.15, -0.1) is 0 Å². The molecule has 3 heteroatoms. The van der Waals surface area contributed by atoms with Gasteiger partial charge < -0.3 is 5.32 Å². The lowest BCUT2D eigenvalue weighted by atomic mass is 9.92. The SMILES string of the molecule is CC(NCC1(C(C)C)CC1)c1cnn(C)c1. The highest BCUT2D eigenvalue weighted by atomic mass is 15.2. The zero-order valence-corrected chi connectivity index (χ0v) is 10.8. The van der Waals surface area contributed by atoms with Crippen molar-refractivity contribution in [2.75, 3.05) is 6.54 Å². The van der Waals surface area contributed by atoms with Crippen LogP contribution in [0.2, 0.25) is 0 Å². The van der Waals surface area contributed by atoms with Gasteiger partial charge in [-0.1, -0.05) is 13.8 Å². The first-order valence-electron chi connectivity index (χ1n) is 6.25. The van der Waals surface area contributed by atoms with Gasteiger partial charge in [-0.05, 0) is 31.1 Å². The highest BCUT2D eigenvalue weighted by Crippen LogP contribution is 2.51. The largest absolute Gasteiger partial charge is 0.310 e. The second-order valence-corrected chi connectivity index (χ2v) is 5.57. The average molecular weight is 221 g/mol. The van der Waals surface area contributed by atoms with E-state index in [1.807, 2.05) is 17.9 Å². The molecule has 1 aromatic heterocycles. The number of nitrogens with one attached hydrogen (secondary N) is 1. The minimum atomic E-state index is 0.407. The maximum Gasteiger partial charge on any atom is 0.0537 e. The van der Waals surface area contributed by atoms with E-state index < -0.39 is 0 Å². The monoisotopic (exact) mass is 221 g/mol. The van der Waals surface area contributed by atoms with Crippen LogP contribution in [0, 0.1) is 11.3 Å². The van der Waals surface area contributed by atoms with Crippen molar-refractivity contribution >= 4 is 0 Å². The summed E-state index contributed by atoms with van der Waals surface area (Å²) in [6.45, 7) is 8.03. The second-order valence-electron chi connectivity index (χ2n) is 5.57. The fourth-order valence-corrected chi connectivity index (χ4v) is 2.26. The summed E-state index contributed by atoms with van der Waals surface area (Å²) in [6.07, 6.45) is 6.81. The zero-order chi connectivity index (χ0) is 11.8. The van der Waals surface area contributed by atoms with Crippen LogP contribution in [0.4, 0.5) is 0 Å². The predicted octanol–water partition coefficient (Wildman–Crippen LogP) is 2.51. The number of nitrogens with zero attached hydrogens (tertiary/aromatic N) is 2. The van der Waals surface area contributed by atoms with E-state index >= 15 is 0 Å². The number of rotatable bonds is 5. The molecule has 0 spiro atoms. The van der Waals surface area contributed by atoms with E-state index in [9.17, 15) is 0 Å². The Morgan fingerprint density at radius 2 is 2.12 bits per heavy atom. The fraction of sp³-hybridized carbons (Fsp3) is 0.769. The molecular weight excluding hydrogens is 198 g/mol. The van der Waals surface area contributed by atoms with Crippen molar-refractivity contribution < 1.29 is 0 Å². The first kappa shape index (κ1) is 11.6. The summed E-state index contributed by atoms with van der Waals surface area (Å²) >= 11 is 0. The lowest BCUT2D eigenvalue weighted by Crippen LogP contribution is -2.29. The normalized spacial score (nSPS) is 20.1. The van der Waals surface area contributed by atoms with E-state index in [1.165, 1.54) is 18.4 Å². The molecule has 1 heterocycles. The van der Waals surface area contributed by atoms with Gasteiger partial charge >= 0.3 is 0 Å². The van der Waals surface area contributed by atoms with Crippen molar-refractivity contribution in [1.29, 1.82) is 0 Å². The Morgan fingerprint density at radius 3 is 2.56 bits per heavy atom. The molecule has 90 valence electrons. The maximum absolute atomic E-state index is 4.21. The minimum Gasteiger partial charge on any atom is -0.310 e. The lowest BCUT2D eigenvalue weighted by Gasteiger charge is -2.22. The highest BCUT2D eigenvalue weighted by Gasteiger charge is 2.44. The van der Waals surface area contributed by atoms with Gasteiger partial charge in [0, 0.05) is 31.4 Å². The van der Waals surface area contributed by atoms with Crippen LogP contribution in [-0.2, 0) is 7.05 Å². The molecule has 1 aliphatic rings. The Bertz CT molecular complexity index is 350. The molecule has 2 rings (SSSR count). The number of aromatic nitrogens is 2. The summed E-state index contributed by atoms with van der Waals surface area (Å²) in [5, 5.41) is 7.85. The molecule has 1 atom stereocenters. The van der Waals surface area contributed by atoms with Crippen LogP contribution in [0.3, 0.4) is 0 Å². The molecule has 16 heavy (non-hydrogen) atoms. The lowest BCUT2D eigenvalue weighted by molar-refractivity contribution is 0.325. The van der Waals surface area contributed by atoms with Crippen LogP contribution in [-0.4, -0.2) is 16.3 Å². The topological polar surface area (TPSA) is 29.9 Å². The van der Waals surface area contributed by atoms with Crippen molar-refractivity contribution in [2.45, 2.75) is 39.7 Å². The first-order chi connectivity index (χ1) is 7.53. The van der Waals surface area contributed by atoms with Gasteiger partial charge in [0.1, 0.15) is 0 Å². The third-order valence-corrected chi connectivity index (χ3v) is 4.10. The van der Waals surface area contributed by atoms with Gasteiger partial charge in [-0.3, -0.25) is 4.68 Å². The third kappa shape index (κ3) is 2.29. The van der Waals surface area contributed by atoms with Gasteiger partial charge in [0.2, 0.25) is 0 Å². The summed E-state index contributed by atoms with van der Waals surface area (Å²) in [7, 11) is 1.96. The van der Waals surface area contributed by atoms with E-state index in [-0.39, 0.29) is 0 Å². The van der Waals surface area contributed by atoms with E-state index in [1.54, 1.807) is 0 Å². The van der Waals surface area contributed by atoms with Crippen LogP contribution in [0.5, 0.6) is 0 Å². The quantitative estimate of drug-likeness (QED) is 0.828. The highest BCUT2D eigenvalue weighted by molar-refractivity contribution is 5.09. The van der Waals surface area contributed by atoms with Crippen LogP contribution in [0.15, 0.2) is 12.4 Å². The molecule has 0 bridgehead atoms. The molecule has 1 saturated carbocycles. The smallest absolute Gasteiger partial charge is 0.0537 e. The molecule has 1 aliphatic carbocycles. The van der Waals surface area contributed by atoms with E-state index in [0.29, 0.717) is 11.5 Å². The Kier molecular flexibility index (Phi) is 3.06. The van der Waals surface area contributed by atoms with Crippen LogP contribution >= 0.6 is 0 Å². The van der Waals surface area contributed by atoms with Gasteiger partial charge in [0.25, 0.3) is 0 Å². The second kappa shape index (κ2) is 4.21. The van der Waals surface area contributed by atoms with Gasteiger partial charge in [-0.25, -0.2) is 0 Å². The Morgan fingerprint density at radius 1 is 1.44 bits per heavy atom. The standard InChI is InChI=1S/C13H23N3/c1-10(2)13(5-6-13)9-14-11(3)12-7-15-16(4)8-12/h7-8,10-11,14H,5-6,9H2,1-4H3. The summed E-state index contributed by atoms with van der Waals surface area (Å²) in [6, 6.07) is 0.407. The molecule has 0 amide bonds. The van der Waals surface area contributed by atoms with Crippen LogP contribution < -0.4 is 5.32 Å². The third-order valence-electron chi connectivity index (χ3n) is 4.10. The molecule has 0 aliphatic heterocycles. The average Bonchev–Trinajstić information content (AvgIpc) is 2.92. The van der Waals surface area contributed by atoms with Crippen LogP contribution in [0.1, 0.15) is 45.2 Å². The molecule has 1 N–H and O–H groups in total. The van der Waals surface area contributed by atoms with Crippen LogP contribution in [0.25, 0.3) is 0 Å². The Labute approximate surface area is 98.2 Å².